The summed E-state index contributed by atoms with van der Waals surface area (Å²) in [6, 6.07) is 0. The van der Waals surface area contributed by atoms with Crippen LogP contribution in [0.3, 0.4) is 0 Å². The van der Waals surface area contributed by atoms with Gasteiger partial charge < -0.3 is 19.5 Å². The maximum absolute atomic E-state index is 9.77. The van der Waals surface area contributed by atoms with Gasteiger partial charge in [0.05, 0.1) is 41.8 Å². The second-order valence-corrected chi connectivity index (χ2v) is 4.12. The molecule has 0 fully saturated rings. The van der Waals surface area contributed by atoms with Crippen LogP contribution in [0, 0.1) is 0 Å². The zero-order valence-corrected chi connectivity index (χ0v) is 12.7. The average Bonchev–Trinajstić information content (AvgIpc) is 2.17. The van der Waals surface area contributed by atoms with Crippen molar-refractivity contribution in [3.8, 4) is 0 Å². The van der Waals surface area contributed by atoms with Gasteiger partial charge in [-0.15, -0.1) is 13.2 Å². The van der Waals surface area contributed by atoms with Crippen molar-refractivity contribution in [1.29, 1.82) is 0 Å². The van der Waals surface area contributed by atoms with Gasteiger partial charge in [0.15, 0.2) is 0 Å². The van der Waals surface area contributed by atoms with Gasteiger partial charge in [-0.05, 0) is 0 Å². The molecule has 1 unspecified atom stereocenters. The topological polar surface area (TPSA) is 107 Å². The summed E-state index contributed by atoms with van der Waals surface area (Å²) in [5.74, 6) is -0.927. The molecule has 0 aromatic carbocycles. The molecule has 0 rings (SSSR count). The Morgan fingerprint density at radius 1 is 1.29 bits per heavy atom. The van der Waals surface area contributed by atoms with Gasteiger partial charge in [-0.25, -0.2) is 8.42 Å². The van der Waals surface area contributed by atoms with E-state index in [1.807, 2.05) is 0 Å². The minimum absolute atomic E-state index is 0. The minimum atomic E-state index is -4.40. The summed E-state index contributed by atoms with van der Waals surface area (Å²) in [4.78, 5) is 0. The maximum atomic E-state index is 9.77. The molecule has 6 nitrogen and oxygen atoms in total. The summed E-state index contributed by atoms with van der Waals surface area (Å²) >= 11 is 0. The zero-order valence-electron chi connectivity index (χ0n) is 9.91. The maximum Gasteiger partial charge on any atom is 1.00 e. The van der Waals surface area contributed by atoms with Gasteiger partial charge in [0.1, 0.15) is 0 Å². The van der Waals surface area contributed by atoms with E-state index in [1.54, 1.807) is 12.2 Å². The third-order valence-electron chi connectivity index (χ3n) is 1.08. The van der Waals surface area contributed by atoms with Gasteiger partial charge in [-0.1, -0.05) is 12.2 Å². The predicted octanol–water partition coefficient (Wildman–Crippen LogP) is -3.74. The first kappa shape index (κ1) is 22.5. The number of aliphatic hydroxyl groups is 2. The smallest absolute Gasteiger partial charge is 0.748 e. The first-order valence-corrected chi connectivity index (χ1v) is 5.97. The Labute approximate surface area is 124 Å². The van der Waals surface area contributed by atoms with Gasteiger partial charge in [0.25, 0.3) is 0 Å². The molecule has 2 N–H and O–H groups in total. The van der Waals surface area contributed by atoms with Crippen LogP contribution in [-0.2, 0) is 14.9 Å². The van der Waals surface area contributed by atoms with E-state index in [9.17, 15) is 13.0 Å². The second-order valence-electron chi connectivity index (χ2n) is 2.68. The van der Waals surface area contributed by atoms with Gasteiger partial charge in [0, 0.05) is 0 Å². The largest absolute Gasteiger partial charge is 1.00 e. The van der Waals surface area contributed by atoms with E-state index < -0.39 is 28.6 Å². The van der Waals surface area contributed by atoms with Crippen LogP contribution in [0.2, 0.25) is 0 Å². The Kier molecular flexibility index (Phi) is 18.9. The van der Waals surface area contributed by atoms with E-state index in [0.29, 0.717) is 13.2 Å². The number of hydrogen-bond donors (Lipinski definition) is 2. The molecular weight excluding hydrogens is 259 g/mol. The standard InChI is InChI=1S/C6H10O.C3H8O5S.Na/c1-3-5-7-6-4-2;4-1-3(5)2-9(6,7)8;/h3-4H,1-2,5-6H2;3-5H,1-2H2,(H,6,7,8);/q;;+1/p-1. The molecule has 0 aromatic rings. The number of rotatable bonds is 7. The van der Waals surface area contributed by atoms with Crippen LogP contribution in [0.25, 0.3) is 0 Å². The number of aliphatic hydroxyl groups excluding tert-OH is 2. The van der Waals surface area contributed by atoms with Gasteiger partial charge in [0.2, 0.25) is 0 Å². The molecule has 17 heavy (non-hydrogen) atoms. The van der Waals surface area contributed by atoms with Crippen molar-refractivity contribution in [2.24, 2.45) is 0 Å². The Morgan fingerprint density at radius 2 is 1.71 bits per heavy atom. The molecule has 0 bridgehead atoms. The van der Waals surface area contributed by atoms with Crippen LogP contribution in [-0.4, -0.2) is 54.9 Å². The van der Waals surface area contributed by atoms with E-state index in [4.69, 9.17) is 14.9 Å². The summed E-state index contributed by atoms with van der Waals surface area (Å²) in [6.07, 6.45) is 1.97. The van der Waals surface area contributed by atoms with Crippen molar-refractivity contribution in [3.63, 3.8) is 0 Å². The Balaban J connectivity index is -0.000000224. The molecule has 0 radical (unpaired) electrons. The van der Waals surface area contributed by atoms with Crippen LogP contribution in [0.4, 0.5) is 0 Å². The minimum Gasteiger partial charge on any atom is -0.748 e. The molecule has 0 saturated carbocycles. The third-order valence-corrected chi connectivity index (χ3v) is 1.87. The van der Waals surface area contributed by atoms with E-state index in [1.165, 1.54) is 0 Å². The quantitative estimate of drug-likeness (QED) is 0.214. The van der Waals surface area contributed by atoms with E-state index in [0.717, 1.165) is 0 Å². The van der Waals surface area contributed by atoms with Crippen molar-refractivity contribution in [3.05, 3.63) is 25.3 Å². The molecule has 0 aliphatic heterocycles. The SMILES string of the molecule is C=CCOCC=C.O=S(=O)([O-])CC(O)CO.[Na+]. The van der Waals surface area contributed by atoms with Crippen LogP contribution < -0.4 is 29.6 Å². The van der Waals surface area contributed by atoms with Crippen molar-refractivity contribution in [2.75, 3.05) is 25.6 Å². The fourth-order valence-electron chi connectivity index (χ4n) is 0.523. The van der Waals surface area contributed by atoms with Crippen molar-refractivity contribution in [1.82, 2.24) is 0 Å². The van der Waals surface area contributed by atoms with E-state index in [-0.39, 0.29) is 29.6 Å². The van der Waals surface area contributed by atoms with Gasteiger partial charge >= 0.3 is 29.6 Å². The van der Waals surface area contributed by atoms with Crippen LogP contribution in [0.5, 0.6) is 0 Å². The molecule has 0 aliphatic carbocycles. The Morgan fingerprint density at radius 3 is 1.88 bits per heavy atom. The average molecular weight is 276 g/mol. The van der Waals surface area contributed by atoms with Gasteiger partial charge in [-0.2, -0.15) is 0 Å². The first-order chi connectivity index (χ1) is 7.37. The molecule has 8 heteroatoms. The molecular formula is C9H17NaO6S. The van der Waals surface area contributed by atoms with Crippen LogP contribution in [0.1, 0.15) is 0 Å². The summed E-state index contributed by atoms with van der Waals surface area (Å²) in [7, 11) is -4.40. The van der Waals surface area contributed by atoms with Crippen molar-refractivity contribution < 1.29 is 57.5 Å². The molecule has 0 saturated heterocycles. The fourth-order valence-corrected chi connectivity index (χ4v) is 1.10. The van der Waals surface area contributed by atoms with Crippen molar-refractivity contribution >= 4 is 10.1 Å². The van der Waals surface area contributed by atoms with E-state index in [2.05, 4.69) is 13.2 Å². The zero-order chi connectivity index (χ0) is 13.0. The molecule has 96 valence electrons. The Hall–Kier alpha value is 0.270. The molecule has 1 atom stereocenters. The molecule has 0 spiro atoms. The van der Waals surface area contributed by atoms with Crippen LogP contribution in [0.15, 0.2) is 25.3 Å². The molecule has 0 aliphatic rings. The van der Waals surface area contributed by atoms with Crippen molar-refractivity contribution in [2.45, 2.75) is 6.10 Å². The van der Waals surface area contributed by atoms with Crippen LogP contribution >= 0.6 is 0 Å². The number of ether oxygens (including phenoxy) is 1. The Bertz CT molecular complexity index is 269. The van der Waals surface area contributed by atoms with E-state index >= 15 is 0 Å². The summed E-state index contributed by atoms with van der Waals surface area (Å²) < 4.78 is 34.2. The predicted molar refractivity (Wildman–Crippen MR) is 58.9 cm³/mol. The first-order valence-electron chi connectivity index (χ1n) is 4.39. The van der Waals surface area contributed by atoms with Gasteiger partial charge in [-0.3, -0.25) is 0 Å². The molecule has 0 aromatic heterocycles. The molecule has 0 heterocycles. The molecule has 0 amide bonds. The fraction of sp³-hybridized carbons (Fsp3) is 0.556. The second kappa shape index (κ2) is 14.3. The summed E-state index contributed by atoms with van der Waals surface area (Å²) in [5, 5.41) is 16.4. The normalized spacial score (nSPS) is 11.5. The summed E-state index contributed by atoms with van der Waals surface area (Å²) in [5.41, 5.74) is 0. The third kappa shape index (κ3) is 26.1. The summed E-state index contributed by atoms with van der Waals surface area (Å²) in [6.45, 7) is 7.47. The number of hydrogen-bond acceptors (Lipinski definition) is 6. The monoisotopic (exact) mass is 276 g/mol.